The van der Waals surface area contributed by atoms with Crippen molar-refractivity contribution in [2.45, 2.75) is 92.9 Å². The summed E-state index contributed by atoms with van der Waals surface area (Å²) in [7, 11) is 1.54. The van der Waals surface area contributed by atoms with Crippen molar-refractivity contribution in [2.24, 2.45) is 0 Å². The molecule has 198 valence electrons. The van der Waals surface area contributed by atoms with E-state index >= 15 is 0 Å². The van der Waals surface area contributed by atoms with Gasteiger partial charge in [-0.1, -0.05) is 77.6 Å². The Balaban J connectivity index is 0. The molecule has 0 fully saturated rings. The normalized spacial score (nSPS) is 10.4. The highest BCUT2D eigenvalue weighted by atomic mass is 32.2. The lowest BCUT2D eigenvalue weighted by Crippen LogP contribution is -2.24. The molecule has 0 radical (unpaired) electrons. The van der Waals surface area contributed by atoms with Gasteiger partial charge < -0.3 is 19.8 Å². The Morgan fingerprint density at radius 3 is 0.941 bits per heavy atom. The van der Waals surface area contributed by atoms with E-state index in [2.05, 4.69) is 41.5 Å². The average Bonchev–Trinajstić information content (AvgIpc) is 2.85. The average molecular weight is 515 g/mol. The lowest BCUT2D eigenvalue weighted by Gasteiger charge is -2.04. The third-order valence-corrected chi connectivity index (χ3v) is 10.4. The van der Waals surface area contributed by atoms with Crippen LogP contribution in [0.4, 0.5) is 0 Å². The molecule has 0 spiro atoms. The zero-order valence-electron chi connectivity index (χ0n) is 22.7. The molecule has 1 rings (SSSR count). The summed E-state index contributed by atoms with van der Waals surface area (Å²) in [6, 6.07) is 4.61. The van der Waals surface area contributed by atoms with Gasteiger partial charge in [0.2, 0.25) is 0 Å². The molecule has 34 heavy (non-hydrogen) atoms. The van der Waals surface area contributed by atoms with Gasteiger partial charge in [-0.05, 0) is 72.4 Å². The molecular weight excluding hydrogens is 464 g/mol. The molecule has 0 saturated carbocycles. The number of benzene rings is 1. The molecule has 0 amide bonds. The van der Waals surface area contributed by atoms with Gasteiger partial charge in [-0.25, -0.2) is 0 Å². The monoisotopic (exact) mass is 514 g/mol. The number of hydrogen-bond acceptors (Lipinski definition) is 4. The topological polar surface area (TPSA) is 80.3 Å². The number of carboxylic acids is 2. The van der Waals surface area contributed by atoms with Crippen LogP contribution < -0.4 is 10.2 Å². The van der Waals surface area contributed by atoms with Crippen LogP contribution in [0.1, 0.15) is 114 Å². The van der Waals surface area contributed by atoms with E-state index in [9.17, 15) is 19.8 Å². The van der Waals surface area contributed by atoms with Crippen molar-refractivity contribution in [1.29, 1.82) is 0 Å². The fraction of sp³-hybridized carbons (Fsp3) is 0.714. The minimum absolute atomic E-state index is 0.0556. The highest BCUT2D eigenvalue weighted by Crippen LogP contribution is 2.06. The predicted molar refractivity (Wildman–Crippen MR) is 150 cm³/mol. The second-order valence-corrected chi connectivity index (χ2v) is 13.4. The van der Waals surface area contributed by atoms with Crippen LogP contribution >= 0.6 is 0 Å². The molecule has 0 bridgehead atoms. The van der Waals surface area contributed by atoms with Crippen LogP contribution in [0.3, 0.4) is 0 Å². The van der Waals surface area contributed by atoms with Gasteiger partial charge in [0, 0.05) is 0 Å². The van der Waals surface area contributed by atoms with Crippen LogP contribution in [0.2, 0.25) is 0 Å². The maximum Gasteiger partial charge on any atom is 0.108 e. The molecule has 1 aromatic carbocycles. The zero-order valence-corrected chi connectivity index (χ0v) is 24.3. The maximum absolute atomic E-state index is 10.2. The van der Waals surface area contributed by atoms with E-state index in [1.807, 2.05) is 0 Å². The molecule has 0 heterocycles. The van der Waals surface area contributed by atoms with E-state index in [1.54, 1.807) is 0 Å². The molecule has 4 nitrogen and oxygen atoms in total. The maximum atomic E-state index is 10.2. The Morgan fingerprint density at radius 2 is 0.794 bits per heavy atom. The molecule has 6 heteroatoms. The van der Waals surface area contributed by atoms with Gasteiger partial charge >= 0.3 is 0 Å². The first kappa shape index (κ1) is 35.0. The minimum Gasteiger partial charge on any atom is -0.545 e. The summed E-state index contributed by atoms with van der Waals surface area (Å²) in [6.45, 7) is 13.8. The van der Waals surface area contributed by atoms with Crippen LogP contribution in [0.15, 0.2) is 24.3 Å². The van der Waals surface area contributed by atoms with Gasteiger partial charge in [-0.15, -0.1) is 0 Å². The first-order chi connectivity index (χ1) is 16.3. The lowest BCUT2D eigenvalue weighted by atomic mass is 10.1. The summed E-state index contributed by atoms with van der Waals surface area (Å²) in [5.41, 5.74) is -0.111. The van der Waals surface area contributed by atoms with Gasteiger partial charge in [0.05, 0.1) is 11.9 Å². The molecule has 0 aliphatic carbocycles. The van der Waals surface area contributed by atoms with Crippen molar-refractivity contribution >= 4 is 33.7 Å². The van der Waals surface area contributed by atoms with Gasteiger partial charge in [-0.3, -0.25) is 0 Å². The van der Waals surface area contributed by atoms with E-state index in [0.29, 0.717) is 0 Å². The van der Waals surface area contributed by atoms with Crippen molar-refractivity contribution < 1.29 is 19.8 Å². The first-order valence-electron chi connectivity index (χ1n) is 13.1. The number of carbonyl (C=O) groups is 2. The summed E-state index contributed by atoms with van der Waals surface area (Å²) >= 11 is 0. The fourth-order valence-corrected chi connectivity index (χ4v) is 7.27. The summed E-state index contributed by atoms with van der Waals surface area (Å²) in [5, 5.41) is 20.4. The van der Waals surface area contributed by atoms with Crippen molar-refractivity contribution in [1.82, 2.24) is 0 Å². The summed E-state index contributed by atoms with van der Waals surface area (Å²) in [6.07, 6.45) is 11.3. The molecule has 0 atom stereocenters. The largest absolute Gasteiger partial charge is 0.545 e. The smallest absolute Gasteiger partial charge is 0.108 e. The number of aromatic carboxylic acids is 2. The van der Waals surface area contributed by atoms with Crippen LogP contribution in [0.25, 0.3) is 0 Å². The van der Waals surface area contributed by atoms with Crippen LogP contribution in [0, 0.1) is 0 Å². The van der Waals surface area contributed by atoms with E-state index < -0.39 is 11.9 Å². The van der Waals surface area contributed by atoms with Crippen LogP contribution in [0.5, 0.6) is 0 Å². The Kier molecular flexibility index (Phi) is 25.7. The predicted octanol–water partition coefficient (Wildman–Crippen LogP) is 4.86. The minimum atomic E-state index is -1.33. The van der Waals surface area contributed by atoms with Gasteiger partial charge in [0.25, 0.3) is 0 Å². The Morgan fingerprint density at radius 1 is 0.559 bits per heavy atom. The van der Waals surface area contributed by atoms with Crippen molar-refractivity contribution in [3.05, 3.63) is 35.4 Å². The van der Waals surface area contributed by atoms with Gasteiger partial charge in [0.1, 0.15) is 34.5 Å². The first-order valence-corrected chi connectivity index (χ1v) is 16.6. The highest BCUT2D eigenvalue weighted by Gasteiger charge is 2.13. The standard InChI is InChI=1S/2C10H23S.C8H6O4/c2*1-4-7-9-11(6-3)10-8-5-2;9-7(10)5-1-2-6(4-3-5)8(11)12/h2*4-10H2,1-3H3;1-4H,(H,9,10)(H,11,12)/q2*+1;/p-2. The molecular formula is C28H50O4S2. The van der Waals surface area contributed by atoms with Gasteiger partial charge in [-0.2, -0.15) is 0 Å². The molecule has 0 unspecified atom stereocenters. The van der Waals surface area contributed by atoms with Crippen LogP contribution in [-0.4, -0.2) is 46.5 Å². The fourth-order valence-electron chi connectivity index (χ4n) is 2.92. The Bertz CT molecular complexity index is 536. The molecule has 0 aromatic heterocycles. The molecule has 0 aliphatic heterocycles. The van der Waals surface area contributed by atoms with Gasteiger partial charge in [0.15, 0.2) is 0 Å². The molecule has 0 saturated heterocycles. The Hall–Kier alpha value is -1.14. The number of carbonyl (C=O) groups excluding carboxylic acids is 2. The third kappa shape index (κ3) is 20.3. The number of unbranched alkanes of at least 4 members (excludes halogenated alkanes) is 4. The number of rotatable bonds is 16. The Labute approximate surface area is 216 Å². The van der Waals surface area contributed by atoms with E-state index in [0.717, 1.165) is 46.1 Å². The molecule has 0 aliphatic rings. The van der Waals surface area contributed by atoms with Crippen LogP contribution in [-0.2, 0) is 21.8 Å². The summed E-state index contributed by atoms with van der Waals surface area (Å²) in [5.74, 6) is 6.14. The number of hydrogen-bond donors (Lipinski definition) is 0. The zero-order chi connectivity index (χ0) is 26.2. The van der Waals surface area contributed by atoms with E-state index in [-0.39, 0.29) is 11.1 Å². The van der Waals surface area contributed by atoms with E-state index in [1.165, 1.54) is 85.9 Å². The summed E-state index contributed by atoms with van der Waals surface area (Å²) in [4.78, 5) is 20.4. The van der Waals surface area contributed by atoms with Crippen molar-refractivity contribution in [3.8, 4) is 0 Å². The number of carboxylic acid groups (broad SMARTS) is 2. The second-order valence-electron chi connectivity index (χ2n) is 8.19. The molecule has 0 N–H and O–H groups in total. The van der Waals surface area contributed by atoms with Crippen molar-refractivity contribution in [2.75, 3.05) is 34.5 Å². The van der Waals surface area contributed by atoms with Crippen molar-refractivity contribution in [3.63, 3.8) is 0 Å². The molecule has 1 aromatic rings. The summed E-state index contributed by atoms with van der Waals surface area (Å²) < 4.78 is 0. The lowest BCUT2D eigenvalue weighted by molar-refractivity contribution is -0.256. The second kappa shape index (κ2) is 25.0. The SMILES string of the molecule is CCCC[S+](CC)CCCC.CCCC[S+](CC)CCCC.O=C([O-])c1ccc(C(=O)[O-])cc1. The highest BCUT2D eigenvalue weighted by molar-refractivity contribution is 7.97. The quantitative estimate of drug-likeness (QED) is 0.295. The third-order valence-electron chi connectivity index (χ3n) is 5.32. The van der Waals surface area contributed by atoms with E-state index in [4.69, 9.17) is 0 Å².